The summed E-state index contributed by atoms with van der Waals surface area (Å²) in [6.07, 6.45) is 0.532. The number of aldehydes is 1. The van der Waals surface area contributed by atoms with Gasteiger partial charge in [-0.25, -0.2) is 16.8 Å². The first-order valence-electron chi connectivity index (χ1n) is 8.60. The second kappa shape index (κ2) is 6.73. The van der Waals surface area contributed by atoms with E-state index in [-0.39, 0.29) is 10.6 Å². The Bertz CT molecular complexity index is 1290. The number of halogens is 1. The summed E-state index contributed by atoms with van der Waals surface area (Å²) in [5.41, 5.74) is 2.36. The zero-order valence-corrected chi connectivity index (χ0v) is 15.8. The van der Waals surface area contributed by atoms with Crippen LogP contribution in [0.5, 0.6) is 0 Å². The summed E-state index contributed by atoms with van der Waals surface area (Å²) >= 11 is 0. The molecule has 1 heterocycles. The van der Waals surface area contributed by atoms with Gasteiger partial charge < -0.3 is 0 Å². The molecular formula is C22H16FNO3S. The molecule has 0 unspecified atom stereocenters. The van der Waals surface area contributed by atoms with Crippen molar-refractivity contribution in [2.75, 3.05) is 0 Å². The van der Waals surface area contributed by atoms with Gasteiger partial charge in [0, 0.05) is 10.9 Å². The highest BCUT2D eigenvalue weighted by molar-refractivity contribution is 7.90. The Hall–Kier alpha value is -3.25. The van der Waals surface area contributed by atoms with Crippen molar-refractivity contribution in [1.82, 2.24) is 3.97 Å². The molecule has 1 aromatic heterocycles. The molecule has 0 N–H and O–H groups in total. The van der Waals surface area contributed by atoms with Gasteiger partial charge in [0.25, 0.3) is 10.0 Å². The topological polar surface area (TPSA) is 56.1 Å². The van der Waals surface area contributed by atoms with Crippen molar-refractivity contribution in [2.24, 2.45) is 0 Å². The maximum Gasteiger partial charge on any atom is 0.268 e. The van der Waals surface area contributed by atoms with Crippen molar-refractivity contribution in [3.63, 3.8) is 0 Å². The fraction of sp³-hybridized carbons (Fsp3) is 0.0455. The molecule has 28 heavy (non-hydrogen) atoms. The van der Waals surface area contributed by atoms with Crippen molar-refractivity contribution in [1.29, 1.82) is 0 Å². The van der Waals surface area contributed by atoms with Crippen molar-refractivity contribution in [3.05, 3.63) is 89.9 Å². The Morgan fingerprint density at radius 2 is 1.54 bits per heavy atom. The highest BCUT2D eigenvalue weighted by Crippen LogP contribution is 2.36. The number of hydrogen-bond acceptors (Lipinski definition) is 3. The third-order valence-electron chi connectivity index (χ3n) is 4.67. The molecule has 0 aliphatic carbocycles. The highest BCUT2D eigenvalue weighted by Gasteiger charge is 2.27. The molecule has 0 spiro atoms. The molecule has 6 heteroatoms. The predicted molar refractivity (Wildman–Crippen MR) is 106 cm³/mol. The maximum absolute atomic E-state index is 13.4. The molecule has 4 nitrogen and oxygen atoms in total. The van der Waals surface area contributed by atoms with Gasteiger partial charge >= 0.3 is 0 Å². The lowest BCUT2D eigenvalue weighted by Gasteiger charge is -2.10. The zero-order valence-electron chi connectivity index (χ0n) is 15.0. The van der Waals surface area contributed by atoms with Crippen LogP contribution in [-0.4, -0.2) is 18.7 Å². The number of fused-ring (bicyclic) bond motifs is 1. The summed E-state index contributed by atoms with van der Waals surface area (Å²) in [7, 11) is -4.01. The van der Waals surface area contributed by atoms with E-state index in [0.717, 1.165) is 9.54 Å². The van der Waals surface area contributed by atoms with Crippen molar-refractivity contribution in [2.45, 2.75) is 11.8 Å². The van der Waals surface area contributed by atoms with Gasteiger partial charge in [-0.2, -0.15) is 0 Å². The van der Waals surface area contributed by atoms with Gasteiger partial charge in [-0.05, 0) is 42.8 Å². The summed E-state index contributed by atoms with van der Waals surface area (Å²) < 4.78 is 41.2. The van der Waals surface area contributed by atoms with Crippen LogP contribution in [0.4, 0.5) is 4.39 Å². The van der Waals surface area contributed by atoms with Crippen LogP contribution < -0.4 is 0 Å². The van der Waals surface area contributed by atoms with E-state index in [1.165, 1.54) is 36.4 Å². The van der Waals surface area contributed by atoms with E-state index in [4.69, 9.17) is 0 Å². The Morgan fingerprint density at radius 3 is 2.18 bits per heavy atom. The van der Waals surface area contributed by atoms with E-state index >= 15 is 0 Å². The number of benzene rings is 3. The van der Waals surface area contributed by atoms with Gasteiger partial charge in [-0.1, -0.05) is 48.0 Å². The maximum atomic E-state index is 13.4. The van der Waals surface area contributed by atoms with Gasteiger partial charge in [-0.3, -0.25) is 4.79 Å². The summed E-state index contributed by atoms with van der Waals surface area (Å²) in [5.74, 6) is -0.410. The summed E-state index contributed by atoms with van der Waals surface area (Å²) in [6, 6.07) is 19.0. The molecule has 0 saturated heterocycles. The SMILES string of the molecule is Cc1ccc(S(=O)(=O)n2c(C=O)c(-c3ccc(F)cc3)c3ccccc32)cc1. The number of aromatic nitrogens is 1. The molecule has 0 atom stereocenters. The van der Waals surface area contributed by atoms with E-state index in [1.54, 1.807) is 36.4 Å². The smallest absolute Gasteiger partial charge is 0.268 e. The minimum Gasteiger partial charge on any atom is -0.296 e. The molecule has 0 aliphatic heterocycles. The number of carbonyl (C=O) groups excluding carboxylic acids is 1. The molecule has 0 aliphatic rings. The monoisotopic (exact) mass is 393 g/mol. The lowest BCUT2D eigenvalue weighted by Crippen LogP contribution is -2.15. The molecule has 0 amide bonds. The van der Waals surface area contributed by atoms with E-state index in [9.17, 15) is 17.6 Å². The lowest BCUT2D eigenvalue weighted by atomic mass is 10.0. The third kappa shape index (κ3) is 2.82. The van der Waals surface area contributed by atoms with Crippen LogP contribution in [0, 0.1) is 12.7 Å². The van der Waals surface area contributed by atoms with Crippen LogP contribution in [-0.2, 0) is 10.0 Å². The van der Waals surface area contributed by atoms with Gasteiger partial charge in [0.2, 0.25) is 0 Å². The number of hydrogen-bond donors (Lipinski definition) is 0. The lowest BCUT2D eigenvalue weighted by molar-refractivity contribution is 0.111. The average Bonchev–Trinajstić information content (AvgIpc) is 3.04. The van der Waals surface area contributed by atoms with Gasteiger partial charge in [0.1, 0.15) is 11.5 Å². The van der Waals surface area contributed by atoms with Gasteiger partial charge in [0.05, 0.1) is 10.4 Å². The first-order chi connectivity index (χ1) is 13.4. The number of rotatable bonds is 4. The first kappa shape index (κ1) is 18.1. The van der Waals surface area contributed by atoms with E-state index in [0.29, 0.717) is 28.3 Å². The molecule has 0 fully saturated rings. The average molecular weight is 393 g/mol. The zero-order chi connectivity index (χ0) is 19.9. The molecule has 0 saturated carbocycles. The Morgan fingerprint density at radius 1 is 0.893 bits per heavy atom. The van der Waals surface area contributed by atoms with Crippen molar-refractivity contribution < 1.29 is 17.6 Å². The quantitative estimate of drug-likeness (QED) is 0.468. The van der Waals surface area contributed by atoms with Crippen LogP contribution in [0.25, 0.3) is 22.0 Å². The molecule has 0 radical (unpaired) electrons. The van der Waals surface area contributed by atoms with Crippen LogP contribution in [0.3, 0.4) is 0 Å². The molecule has 0 bridgehead atoms. The molecule has 4 rings (SSSR count). The minimum absolute atomic E-state index is 0.00776. The summed E-state index contributed by atoms with van der Waals surface area (Å²) in [6.45, 7) is 1.87. The minimum atomic E-state index is -4.01. The second-order valence-corrected chi connectivity index (χ2v) is 8.27. The van der Waals surface area contributed by atoms with Crippen LogP contribution in [0.15, 0.2) is 77.7 Å². The third-order valence-corrected chi connectivity index (χ3v) is 6.41. The number of nitrogens with zero attached hydrogens (tertiary/aromatic N) is 1. The fourth-order valence-corrected chi connectivity index (χ4v) is 4.84. The van der Waals surface area contributed by atoms with Gasteiger partial charge in [-0.15, -0.1) is 0 Å². The highest BCUT2D eigenvalue weighted by atomic mass is 32.2. The van der Waals surface area contributed by atoms with Crippen molar-refractivity contribution in [3.8, 4) is 11.1 Å². The fourth-order valence-electron chi connectivity index (χ4n) is 3.33. The van der Waals surface area contributed by atoms with E-state index in [2.05, 4.69) is 0 Å². The number of aryl methyl sites for hydroxylation is 1. The second-order valence-electron chi connectivity index (χ2n) is 6.48. The predicted octanol–water partition coefficient (Wildman–Crippen LogP) is 4.81. The Kier molecular flexibility index (Phi) is 4.35. The standard InChI is InChI=1S/C22H16FNO3S/c1-15-6-12-18(13-7-15)28(26,27)24-20-5-3-2-4-19(20)22(21(24)14-25)16-8-10-17(23)11-9-16/h2-14H,1H3. The Labute approximate surface area is 161 Å². The molecular weight excluding hydrogens is 377 g/mol. The molecule has 4 aromatic rings. The number of carbonyl (C=O) groups is 1. The Balaban J connectivity index is 2.09. The first-order valence-corrected chi connectivity index (χ1v) is 10.0. The molecule has 3 aromatic carbocycles. The summed E-state index contributed by atoms with van der Waals surface area (Å²) in [4.78, 5) is 12.1. The largest absolute Gasteiger partial charge is 0.296 e. The van der Waals surface area contributed by atoms with Crippen molar-refractivity contribution >= 4 is 27.2 Å². The van der Waals surface area contributed by atoms with Crippen LogP contribution >= 0.6 is 0 Å². The normalized spacial score (nSPS) is 11.6. The van der Waals surface area contributed by atoms with Gasteiger partial charge in [0.15, 0.2) is 6.29 Å². The van der Waals surface area contributed by atoms with E-state index < -0.39 is 15.8 Å². The van der Waals surface area contributed by atoms with Crippen LogP contribution in [0.1, 0.15) is 16.1 Å². The molecule has 140 valence electrons. The number of para-hydroxylation sites is 1. The summed E-state index contributed by atoms with van der Waals surface area (Å²) in [5, 5.41) is 0.604. The van der Waals surface area contributed by atoms with E-state index in [1.807, 2.05) is 6.92 Å². The van der Waals surface area contributed by atoms with Crippen LogP contribution in [0.2, 0.25) is 0 Å².